The summed E-state index contributed by atoms with van der Waals surface area (Å²) >= 11 is 0. The van der Waals surface area contributed by atoms with Gasteiger partial charge in [0.1, 0.15) is 6.10 Å². The fourth-order valence-electron chi connectivity index (χ4n) is 4.58. The van der Waals surface area contributed by atoms with Crippen molar-refractivity contribution >= 4 is 0 Å². The van der Waals surface area contributed by atoms with Gasteiger partial charge in [0.2, 0.25) is 5.82 Å². The molecule has 0 aliphatic carbocycles. The van der Waals surface area contributed by atoms with Crippen LogP contribution in [0.4, 0.5) is 22.0 Å². The van der Waals surface area contributed by atoms with E-state index in [0.29, 0.717) is 11.3 Å². The second kappa shape index (κ2) is 8.72. The summed E-state index contributed by atoms with van der Waals surface area (Å²) in [6, 6.07) is 3.18. The van der Waals surface area contributed by atoms with Gasteiger partial charge in [-0.2, -0.15) is 17.6 Å². The van der Waals surface area contributed by atoms with Crippen molar-refractivity contribution in [3.8, 4) is 5.75 Å². The summed E-state index contributed by atoms with van der Waals surface area (Å²) in [4.78, 5) is 15.8. The van der Waals surface area contributed by atoms with Gasteiger partial charge in [0.05, 0.1) is 13.2 Å². The predicted octanol–water partition coefficient (Wildman–Crippen LogP) is 5.49. The molecule has 1 saturated heterocycles. The number of rotatable bonds is 5. The van der Waals surface area contributed by atoms with Crippen LogP contribution in [-0.4, -0.2) is 31.0 Å². The fraction of sp³-hybridized carbons (Fsp3) is 0.522. The molecule has 1 fully saturated rings. The Kier molecular flexibility index (Phi) is 6.65. The number of aromatic nitrogens is 1. The van der Waals surface area contributed by atoms with Crippen molar-refractivity contribution in [1.29, 1.82) is 0 Å². The van der Waals surface area contributed by atoms with Gasteiger partial charge in [0.25, 0.3) is 0 Å². The van der Waals surface area contributed by atoms with Gasteiger partial charge in [0.15, 0.2) is 22.6 Å². The van der Waals surface area contributed by atoms with Crippen LogP contribution < -0.4 is 10.2 Å². The van der Waals surface area contributed by atoms with E-state index < -0.39 is 58.6 Å². The molecule has 0 bridgehead atoms. The molecular weight excluding hydrogens is 449 g/mol. The maximum absolute atomic E-state index is 14.5. The summed E-state index contributed by atoms with van der Waals surface area (Å²) in [6.45, 7) is 5.50. The lowest BCUT2D eigenvalue weighted by atomic mass is 9.76. The van der Waals surface area contributed by atoms with E-state index in [1.54, 1.807) is 13.8 Å². The smallest absolute Gasteiger partial charge is 0.417 e. The quantitative estimate of drug-likeness (QED) is 0.581. The second-order valence-corrected chi connectivity index (χ2v) is 8.45. The molecule has 5 nitrogen and oxygen atoms in total. The van der Waals surface area contributed by atoms with E-state index in [0.717, 1.165) is 26.2 Å². The molecule has 0 radical (unpaired) electrons. The van der Waals surface area contributed by atoms with Gasteiger partial charge in [-0.1, -0.05) is 13.0 Å². The predicted molar refractivity (Wildman–Crippen MR) is 110 cm³/mol. The molecule has 0 spiro atoms. The van der Waals surface area contributed by atoms with E-state index in [9.17, 15) is 26.7 Å². The number of ether oxygens (including phenoxy) is 3. The molecule has 3 rings (SSSR count). The SMILES string of the molecule is COc1c([C@H]2[C@H](c3cc(=O)c(C(C)OC)c(C)[nH]3)O[C@@](C)(C(F)(F)F)[C@H]2C)ccc(F)c1F. The Morgan fingerprint density at radius 3 is 2.36 bits per heavy atom. The Hall–Kier alpha value is -2.46. The molecule has 0 amide bonds. The number of nitrogens with one attached hydrogen (secondary N) is 1. The second-order valence-electron chi connectivity index (χ2n) is 8.45. The monoisotopic (exact) mass is 475 g/mol. The normalized spacial score (nSPS) is 26.5. The first-order valence-electron chi connectivity index (χ1n) is 10.3. The van der Waals surface area contributed by atoms with Gasteiger partial charge < -0.3 is 19.2 Å². The Morgan fingerprint density at radius 2 is 1.85 bits per heavy atom. The zero-order chi connectivity index (χ0) is 24.9. The molecule has 1 aliphatic rings. The van der Waals surface area contributed by atoms with Crippen molar-refractivity contribution in [2.24, 2.45) is 5.92 Å². The first kappa shape index (κ1) is 25.2. The van der Waals surface area contributed by atoms with Crippen molar-refractivity contribution in [1.82, 2.24) is 4.98 Å². The molecular formula is C23H26F5NO4. The van der Waals surface area contributed by atoms with Crippen molar-refractivity contribution < 1.29 is 36.2 Å². The maximum atomic E-state index is 14.5. The molecule has 33 heavy (non-hydrogen) atoms. The van der Waals surface area contributed by atoms with Gasteiger partial charge in [-0.15, -0.1) is 0 Å². The topological polar surface area (TPSA) is 60.5 Å². The van der Waals surface area contributed by atoms with Crippen LogP contribution in [0.5, 0.6) is 5.75 Å². The van der Waals surface area contributed by atoms with Crippen LogP contribution in [-0.2, 0) is 9.47 Å². The van der Waals surface area contributed by atoms with Gasteiger partial charge in [-0.3, -0.25) is 4.79 Å². The highest BCUT2D eigenvalue weighted by Gasteiger charge is 2.65. The molecule has 0 saturated carbocycles. The number of methoxy groups -OCH3 is 2. The third-order valence-electron chi connectivity index (χ3n) is 6.67. The van der Waals surface area contributed by atoms with Crippen LogP contribution in [0, 0.1) is 24.5 Å². The lowest BCUT2D eigenvalue weighted by Gasteiger charge is -2.32. The average Bonchev–Trinajstić information content (AvgIpc) is 3.01. The molecule has 182 valence electrons. The Morgan fingerprint density at radius 1 is 1.21 bits per heavy atom. The molecule has 2 aromatic rings. The minimum Gasteiger partial charge on any atom is -0.493 e. The number of pyridine rings is 1. The van der Waals surface area contributed by atoms with Crippen LogP contribution in [0.1, 0.15) is 61.4 Å². The Balaban J connectivity index is 2.25. The van der Waals surface area contributed by atoms with E-state index in [-0.39, 0.29) is 11.3 Å². The summed E-state index contributed by atoms with van der Waals surface area (Å²) in [6.07, 6.45) is -6.64. The van der Waals surface area contributed by atoms with Gasteiger partial charge in [-0.05, 0) is 26.8 Å². The average molecular weight is 475 g/mol. The van der Waals surface area contributed by atoms with Gasteiger partial charge in [-0.25, -0.2) is 4.39 Å². The Labute approximate surface area is 187 Å². The zero-order valence-electron chi connectivity index (χ0n) is 19.1. The number of H-pyrrole nitrogens is 1. The van der Waals surface area contributed by atoms with E-state index in [1.807, 2.05) is 0 Å². The van der Waals surface area contributed by atoms with E-state index >= 15 is 0 Å². The van der Waals surface area contributed by atoms with Crippen molar-refractivity contribution in [2.45, 2.75) is 57.6 Å². The van der Waals surface area contributed by atoms with Crippen molar-refractivity contribution in [3.05, 3.63) is 62.6 Å². The van der Waals surface area contributed by atoms with Crippen LogP contribution >= 0.6 is 0 Å². The van der Waals surface area contributed by atoms with Crippen LogP contribution in [0.25, 0.3) is 0 Å². The molecule has 1 aromatic heterocycles. The Bertz CT molecular complexity index is 1100. The van der Waals surface area contributed by atoms with Crippen molar-refractivity contribution in [2.75, 3.05) is 14.2 Å². The standard InChI is InChI=1S/C23H26F5NO4/c1-10-17(13-7-8-14(24)19(25)20(13)32-6)21(33-22(10,4)23(26,27)28)15-9-16(30)18(11(2)29-15)12(3)31-5/h7-10,12,17,21H,1-6H3,(H,29,30)/t10-,12?,17-,21-,22+/m0/s1. The number of alkyl halides is 3. The highest BCUT2D eigenvalue weighted by atomic mass is 19.4. The van der Waals surface area contributed by atoms with E-state index in [2.05, 4.69) is 4.98 Å². The first-order valence-corrected chi connectivity index (χ1v) is 10.3. The maximum Gasteiger partial charge on any atom is 0.417 e. The van der Waals surface area contributed by atoms with Crippen LogP contribution in [0.2, 0.25) is 0 Å². The lowest BCUT2D eigenvalue weighted by molar-refractivity contribution is -0.275. The van der Waals surface area contributed by atoms with E-state index in [4.69, 9.17) is 14.2 Å². The number of halogens is 5. The van der Waals surface area contributed by atoms with Gasteiger partial charge >= 0.3 is 6.18 Å². The summed E-state index contributed by atoms with van der Waals surface area (Å²) in [5, 5.41) is 0. The summed E-state index contributed by atoms with van der Waals surface area (Å²) in [5.41, 5.74) is -2.24. The van der Waals surface area contributed by atoms with Crippen LogP contribution in [0.15, 0.2) is 23.0 Å². The van der Waals surface area contributed by atoms with Gasteiger partial charge in [0, 0.05) is 47.5 Å². The molecule has 1 aliphatic heterocycles. The highest BCUT2D eigenvalue weighted by Crippen LogP contribution is 2.59. The molecule has 1 aromatic carbocycles. The summed E-state index contributed by atoms with van der Waals surface area (Å²) < 4.78 is 86.4. The third kappa shape index (κ3) is 4.03. The number of hydrogen-bond acceptors (Lipinski definition) is 4. The van der Waals surface area contributed by atoms with E-state index in [1.165, 1.54) is 20.1 Å². The summed E-state index contributed by atoms with van der Waals surface area (Å²) in [5.74, 6) is -5.35. The number of hydrogen-bond donors (Lipinski definition) is 1. The zero-order valence-corrected chi connectivity index (χ0v) is 19.1. The highest BCUT2D eigenvalue weighted by molar-refractivity contribution is 5.42. The molecule has 2 heterocycles. The van der Waals surface area contributed by atoms with Crippen molar-refractivity contribution in [3.63, 3.8) is 0 Å². The first-order chi connectivity index (χ1) is 15.3. The lowest BCUT2D eigenvalue weighted by Crippen LogP contribution is -2.46. The minimum absolute atomic E-state index is 0.00899. The van der Waals surface area contributed by atoms with Crippen LogP contribution in [0.3, 0.4) is 0 Å². The largest absolute Gasteiger partial charge is 0.493 e. The third-order valence-corrected chi connectivity index (χ3v) is 6.67. The molecule has 1 N–H and O–H groups in total. The molecule has 5 atom stereocenters. The fourth-order valence-corrected chi connectivity index (χ4v) is 4.58. The molecule has 1 unspecified atom stereocenters. The molecule has 10 heteroatoms. The number of benzene rings is 1. The minimum atomic E-state index is -4.77. The summed E-state index contributed by atoms with van der Waals surface area (Å²) in [7, 11) is 2.53. The number of aryl methyl sites for hydroxylation is 1. The number of aromatic amines is 1.